The topological polar surface area (TPSA) is 81.1 Å². The lowest BCUT2D eigenvalue weighted by molar-refractivity contribution is -0.118. The van der Waals surface area contributed by atoms with Crippen molar-refractivity contribution in [1.82, 2.24) is 0 Å². The molecule has 1 aromatic rings. The van der Waals surface area contributed by atoms with E-state index in [9.17, 15) is 4.79 Å². The Labute approximate surface area is 104 Å². The maximum atomic E-state index is 10.8. The number of hydrogen-bond acceptors (Lipinski definition) is 3. The molecule has 0 aliphatic heterocycles. The number of amides is 1. The maximum Gasteiger partial charge on any atom is 0.236 e. The fourth-order valence-corrected chi connectivity index (χ4v) is 2.27. The first-order valence-corrected chi connectivity index (χ1v) is 5.76. The van der Waals surface area contributed by atoms with Crippen molar-refractivity contribution in [3.8, 4) is 0 Å². The number of primary amides is 1. The van der Waals surface area contributed by atoms with E-state index in [0.717, 1.165) is 15.7 Å². The lowest BCUT2D eigenvalue weighted by Crippen LogP contribution is -2.41. The predicted octanol–water partition coefficient (Wildman–Crippen LogP) is 1.29. The van der Waals surface area contributed by atoms with E-state index < -0.39 is 11.9 Å². The zero-order valence-electron chi connectivity index (χ0n) is 9.38. The second kappa shape index (κ2) is 5.32. The molecule has 1 aromatic carbocycles. The Morgan fingerprint density at radius 2 is 2.12 bits per heavy atom. The van der Waals surface area contributed by atoms with Crippen LogP contribution in [0.15, 0.2) is 16.6 Å². The monoisotopic (exact) mass is 285 g/mol. The van der Waals surface area contributed by atoms with Crippen LogP contribution in [-0.4, -0.2) is 18.5 Å². The molecular formula is C11H16BrN3O. The highest BCUT2D eigenvalue weighted by Gasteiger charge is 2.10. The van der Waals surface area contributed by atoms with E-state index in [4.69, 9.17) is 11.5 Å². The van der Waals surface area contributed by atoms with E-state index in [0.29, 0.717) is 6.54 Å². The van der Waals surface area contributed by atoms with E-state index in [1.54, 1.807) is 0 Å². The first-order chi connectivity index (χ1) is 7.41. The smallest absolute Gasteiger partial charge is 0.236 e. The van der Waals surface area contributed by atoms with Gasteiger partial charge >= 0.3 is 0 Å². The van der Waals surface area contributed by atoms with Crippen LogP contribution in [0.3, 0.4) is 0 Å². The molecule has 0 saturated carbocycles. The molecule has 0 aliphatic rings. The fourth-order valence-electron chi connectivity index (χ4n) is 1.45. The first-order valence-electron chi connectivity index (χ1n) is 4.97. The largest absolute Gasteiger partial charge is 0.382 e. The molecule has 1 amide bonds. The van der Waals surface area contributed by atoms with Crippen molar-refractivity contribution in [3.63, 3.8) is 0 Å². The molecular weight excluding hydrogens is 270 g/mol. The normalized spacial score (nSPS) is 12.2. The number of carbonyl (C=O) groups excluding carboxylic acids is 1. The second-order valence-corrected chi connectivity index (χ2v) is 4.68. The van der Waals surface area contributed by atoms with Crippen LogP contribution in [0, 0.1) is 13.8 Å². The predicted molar refractivity (Wildman–Crippen MR) is 69.3 cm³/mol. The number of aryl methyl sites for hydroxylation is 2. The zero-order valence-corrected chi connectivity index (χ0v) is 11.0. The van der Waals surface area contributed by atoms with Crippen LogP contribution >= 0.6 is 15.9 Å². The molecule has 88 valence electrons. The van der Waals surface area contributed by atoms with Gasteiger partial charge < -0.3 is 16.8 Å². The highest BCUT2D eigenvalue weighted by molar-refractivity contribution is 9.10. The van der Waals surface area contributed by atoms with Gasteiger partial charge in [-0.2, -0.15) is 0 Å². The van der Waals surface area contributed by atoms with Crippen LogP contribution in [0.5, 0.6) is 0 Å². The molecule has 1 atom stereocenters. The third kappa shape index (κ3) is 3.21. The molecule has 0 aromatic heterocycles. The lowest BCUT2D eigenvalue weighted by atomic mass is 10.1. The fraction of sp³-hybridized carbons (Fsp3) is 0.364. The summed E-state index contributed by atoms with van der Waals surface area (Å²) in [5, 5.41) is 3.12. The molecule has 16 heavy (non-hydrogen) atoms. The van der Waals surface area contributed by atoms with E-state index in [2.05, 4.69) is 27.3 Å². The average Bonchev–Trinajstić information content (AvgIpc) is 2.15. The van der Waals surface area contributed by atoms with Gasteiger partial charge in [-0.3, -0.25) is 4.79 Å². The SMILES string of the molecule is Cc1cc(C)c(NCC(N)C(N)=O)c(Br)c1. The van der Waals surface area contributed by atoms with Gasteiger partial charge in [0.15, 0.2) is 0 Å². The van der Waals surface area contributed by atoms with E-state index in [1.807, 2.05) is 19.9 Å². The second-order valence-electron chi connectivity index (χ2n) is 3.83. The van der Waals surface area contributed by atoms with Crippen molar-refractivity contribution in [3.05, 3.63) is 27.7 Å². The average molecular weight is 286 g/mol. The highest BCUT2D eigenvalue weighted by Crippen LogP contribution is 2.27. The number of anilines is 1. The van der Waals surface area contributed by atoms with Gasteiger partial charge in [-0.1, -0.05) is 6.07 Å². The van der Waals surface area contributed by atoms with Gasteiger partial charge in [0.1, 0.15) is 6.04 Å². The van der Waals surface area contributed by atoms with E-state index in [-0.39, 0.29) is 0 Å². The summed E-state index contributed by atoms with van der Waals surface area (Å²) in [4.78, 5) is 10.8. The summed E-state index contributed by atoms with van der Waals surface area (Å²) in [6.07, 6.45) is 0. The van der Waals surface area contributed by atoms with Crippen molar-refractivity contribution in [1.29, 1.82) is 0 Å². The summed E-state index contributed by atoms with van der Waals surface area (Å²) < 4.78 is 0.960. The van der Waals surface area contributed by atoms with Gasteiger partial charge in [-0.05, 0) is 47.0 Å². The summed E-state index contributed by atoms with van der Waals surface area (Å²) in [5.41, 5.74) is 13.8. The van der Waals surface area contributed by atoms with Crippen LogP contribution in [-0.2, 0) is 4.79 Å². The molecule has 0 spiro atoms. The van der Waals surface area contributed by atoms with Gasteiger partial charge in [0.2, 0.25) is 5.91 Å². The van der Waals surface area contributed by atoms with Crippen molar-refractivity contribution < 1.29 is 4.79 Å². The highest BCUT2D eigenvalue weighted by atomic mass is 79.9. The van der Waals surface area contributed by atoms with Crippen LogP contribution in [0.4, 0.5) is 5.69 Å². The zero-order chi connectivity index (χ0) is 12.3. The van der Waals surface area contributed by atoms with Crippen LogP contribution in [0.25, 0.3) is 0 Å². The maximum absolute atomic E-state index is 10.8. The van der Waals surface area contributed by atoms with Crippen molar-refractivity contribution in [2.24, 2.45) is 11.5 Å². The number of carbonyl (C=O) groups is 1. The van der Waals surface area contributed by atoms with Crippen LogP contribution in [0.1, 0.15) is 11.1 Å². The number of rotatable bonds is 4. The quantitative estimate of drug-likeness (QED) is 0.780. The number of hydrogen-bond donors (Lipinski definition) is 3. The van der Waals surface area contributed by atoms with Crippen LogP contribution in [0.2, 0.25) is 0 Å². The number of nitrogens with one attached hydrogen (secondary N) is 1. The number of nitrogens with two attached hydrogens (primary N) is 2. The molecule has 0 heterocycles. The van der Waals surface area contributed by atoms with Crippen molar-refractivity contribution in [2.45, 2.75) is 19.9 Å². The minimum absolute atomic E-state index is 0.331. The summed E-state index contributed by atoms with van der Waals surface area (Å²) in [6.45, 7) is 4.35. The Kier molecular flexibility index (Phi) is 4.32. The van der Waals surface area contributed by atoms with E-state index in [1.165, 1.54) is 5.56 Å². The third-order valence-corrected chi connectivity index (χ3v) is 2.92. The molecule has 5 N–H and O–H groups in total. The summed E-state index contributed by atoms with van der Waals surface area (Å²) in [7, 11) is 0. The molecule has 5 heteroatoms. The Morgan fingerprint density at radius 3 is 2.62 bits per heavy atom. The van der Waals surface area contributed by atoms with Crippen LogP contribution < -0.4 is 16.8 Å². The molecule has 0 bridgehead atoms. The summed E-state index contributed by atoms with van der Waals surface area (Å²) in [6, 6.07) is 3.39. The molecule has 4 nitrogen and oxygen atoms in total. The van der Waals surface area contributed by atoms with Gasteiger partial charge in [-0.15, -0.1) is 0 Å². The number of benzene rings is 1. The molecule has 0 aliphatic carbocycles. The Morgan fingerprint density at radius 1 is 1.50 bits per heavy atom. The summed E-state index contributed by atoms with van der Waals surface area (Å²) >= 11 is 3.47. The third-order valence-electron chi connectivity index (χ3n) is 2.30. The van der Waals surface area contributed by atoms with E-state index >= 15 is 0 Å². The minimum Gasteiger partial charge on any atom is -0.382 e. The molecule has 0 radical (unpaired) electrons. The molecule has 0 fully saturated rings. The van der Waals surface area contributed by atoms with Gasteiger partial charge in [-0.25, -0.2) is 0 Å². The Hall–Kier alpha value is -1.07. The molecule has 1 unspecified atom stereocenters. The number of halogens is 1. The first kappa shape index (κ1) is 13.0. The molecule has 1 rings (SSSR count). The Bertz CT molecular complexity index is 383. The standard InChI is InChI=1S/C11H16BrN3O/c1-6-3-7(2)10(8(12)4-6)15-5-9(13)11(14)16/h3-4,9,15H,5,13H2,1-2H3,(H2,14,16). The van der Waals surface area contributed by atoms with Crippen molar-refractivity contribution in [2.75, 3.05) is 11.9 Å². The van der Waals surface area contributed by atoms with Crippen molar-refractivity contribution >= 4 is 27.5 Å². The van der Waals surface area contributed by atoms with Gasteiger partial charge in [0.25, 0.3) is 0 Å². The minimum atomic E-state index is -0.674. The molecule has 0 saturated heterocycles. The Balaban J connectivity index is 2.78. The van der Waals surface area contributed by atoms with Gasteiger partial charge in [0.05, 0.1) is 5.69 Å². The summed E-state index contributed by atoms with van der Waals surface area (Å²) in [5.74, 6) is -0.506. The van der Waals surface area contributed by atoms with Gasteiger partial charge in [0, 0.05) is 11.0 Å². The lowest BCUT2D eigenvalue weighted by Gasteiger charge is -2.15.